The summed E-state index contributed by atoms with van der Waals surface area (Å²) in [5.41, 5.74) is 0. The van der Waals surface area contributed by atoms with Crippen LogP contribution in [0.4, 0.5) is 0 Å². The SMILES string of the molecule is O=S1(=O)OOOOS(=O)(=O)O1.[K].[K]. The maximum absolute atomic E-state index is 10.2. The molecule has 0 N–H and O–H groups in total. The van der Waals surface area contributed by atoms with E-state index in [2.05, 4.69) is 22.4 Å². The van der Waals surface area contributed by atoms with Gasteiger partial charge in [0.05, 0.1) is 0 Å². The fraction of sp³-hybridized carbons (Fsp3) is 0. The Labute approximate surface area is 159 Å². The van der Waals surface area contributed by atoms with Crippen molar-refractivity contribution in [2.75, 3.05) is 0 Å². The van der Waals surface area contributed by atoms with E-state index in [0.717, 1.165) is 0 Å². The van der Waals surface area contributed by atoms with Crippen LogP contribution in [-0.2, 0) is 43.2 Å². The van der Waals surface area contributed by atoms with Gasteiger partial charge in [-0.15, -0.1) is 0 Å². The van der Waals surface area contributed by atoms with Gasteiger partial charge in [-0.05, 0) is 18.7 Å². The molecule has 13 heteroatoms. The van der Waals surface area contributed by atoms with Crippen molar-refractivity contribution in [3.63, 3.8) is 0 Å². The molecule has 1 fully saturated rings. The minimum Gasteiger partial charge on any atom is -0.165 e. The van der Waals surface area contributed by atoms with Gasteiger partial charge >= 0.3 is 20.8 Å². The molecule has 0 spiro atoms. The maximum Gasteiger partial charge on any atom is 0.445 e. The molecule has 0 amide bonds. The zero-order valence-electron chi connectivity index (χ0n) is 6.49. The van der Waals surface area contributed by atoms with E-state index in [1.54, 1.807) is 0 Å². The van der Waals surface area contributed by atoms with Crippen LogP contribution in [0.3, 0.4) is 0 Å². The van der Waals surface area contributed by atoms with Crippen LogP contribution in [0.1, 0.15) is 0 Å². The summed E-state index contributed by atoms with van der Waals surface area (Å²) in [5, 5.41) is 6.46. The second-order valence-electron chi connectivity index (χ2n) is 1.16. The van der Waals surface area contributed by atoms with Crippen LogP contribution >= 0.6 is 0 Å². The van der Waals surface area contributed by atoms with Gasteiger partial charge in [0, 0.05) is 103 Å². The van der Waals surface area contributed by atoms with Gasteiger partial charge in [0.25, 0.3) is 0 Å². The first-order valence-electron chi connectivity index (χ1n) is 1.83. The first-order valence-corrected chi connectivity index (χ1v) is 4.50. The predicted molar refractivity (Wildman–Crippen MR) is 34.8 cm³/mol. The molecule has 0 unspecified atom stereocenters. The summed E-state index contributed by atoms with van der Waals surface area (Å²) < 4.78 is 50.4. The molecule has 1 aliphatic heterocycles. The van der Waals surface area contributed by atoms with Crippen LogP contribution < -0.4 is 0 Å². The van der Waals surface area contributed by atoms with E-state index in [1.165, 1.54) is 0 Å². The van der Waals surface area contributed by atoms with Crippen LogP contribution in [0.5, 0.6) is 0 Å². The molecular formula is K2O9S2. The van der Waals surface area contributed by atoms with Gasteiger partial charge in [-0.2, -0.15) is 16.8 Å². The first kappa shape index (κ1) is 18.3. The van der Waals surface area contributed by atoms with Crippen LogP contribution in [0.15, 0.2) is 0 Å². The molecule has 0 bridgehead atoms. The second kappa shape index (κ2) is 7.33. The topological polar surface area (TPSA) is 114 Å². The van der Waals surface area contributed by atoms with Crippen LogP contribution in [0.2, 0.25) is 0 Å². The van der Waals surface area contributed by atoms with Crippen molar-refractivity contribution in [3.05, 3.63) is 0 Å². The van der Waals surface area contributed by atoms with Gasteiger partial charge in [-0.1, -0.05) is 3.63 Å². The van der Waals surface area contributed by atoms with Crippen molar-refractivity contribution in [2.45, 2.75) is 0 Å². The quantitative estimate of drug-likeness (QED) is 0.353. The van der Waals surface area contributed by atoms with E-state index in [1.807, 2.05) is 0 Å². The molecule has 1 aliphatic rings. The molecular weight excluding hydrogens is 286 g/mol. The Morgan fingerprint density at radius 1 is 0.692 bits per heavy atom. The summed E-state index contributed by atoms with van der Waals surface area (Å²) in [4.78, 5) is 0. The van der Waals surface area contributed by atoms with Gasteiger partial charge in [-0.3, -0.25) is 0 Å². The Hall–Kier alpha value is 2.97. The van der Waals surface area contributed by atoms with Crippen molar-refractivity contribution >= 4 is 124 Å². The molecule has 0 saturated carbocycles. The van der Waals surface area contributed by atoms with Gasteiger partial charge in [-0.25, -0.2) is 0 Å². The normalized spacial score (nSPS) is 24.6. The maximum atomic E-state index is 10.2. The predicted octanol–water partition coefficient (Wildman–Crippen LogP) is -2.44. The average Bonchev–Trinajstić information content (AvgIpc) is 1.86. The molecule has 2 radical (unpaired) electrons. The third-order valence-electron chi connectivity index (χ3n) is 0.417. The molecule has 9 nitrogen and oxygen atoms in total. The fourth-order valence-electron chi connectivity index (χ4n) is 0.215. The van der Waals surface area contributed by atoms with Gasteiger partial charge in [0.1, 0.15) is 0 Å². The number of rotatable bonds is 0. The van der Waals surface area contributed by atoms with Crippen molar-refractivity contribution in [1.82, 2.24) is 0 Å². The molecule has 0 aromatic rings. The summed E-state index contributed by atoms with van der Waals surface area (Å²) in [6.07, 6.45) is 0. The minimum absolute atomic E-state index is 0. The van der Waals surface area contributed by atoms with Crippen molar-refractivity contribution in [3.8, 4) is 0 Å². The smallest absolute Gasteiger partial charge is 0.165 e. The zero-order valence-corrected chi connectivity index (χ0v) is 14.4. The zero-order chi connectivity index (χ0) is 8.54. The Morgan fingerprint density at radius 2 is 1.00 bits per heavy atom. The van der Waals surface area contributed by atoms with E-state index >= 15 is 0 Å². The number of hydrogen-bond acceptors (Lipinski definition) is 9. The standard InChI is InChI=1S/2K.O9S2/c;;1-10(2)7-5-6-8-11(3,4)9-10. The summed E-state index contributed by atoms with van der Waals surface area (Å²) in [5.74, 6) is 0. The number of hydrogen-bond donors (Lipinski definition) is 0. The molecule has 0 aromatic heterocycles. The van der Waals surface area contributed by atoms with E-state index < -0.39 is 20.8 Å². The summed E-state index contributed by atoms with van der Waals surface area (Å²) >= 11 is 0. The minimum atomic E-state index is -4.79. The van der Waals surface area contributed by atoms with Crippen LogP contribution in [0, 0.1) is 0 Å². The average molecular weight is 286 g/mol. The molecule has 0 aromatic carbocycles. The Bertz CT molecular complexity index is 289. The first-order chi connectivity index (χ1) is 4.91. The second-order valence-corrected chi connectivity index (χ2v) is 3.61. The Kier molecular flexibility index (Phi) is 10.3. The van der Waals surface area contributed by atoms with E-state index in [0.29, 0.717) is 0 Å². The van der Waals surface area contributed by atoms with Gasteiger partial charge in [0.2, 0.25) is 0 Å². The third-order valence-corrected chi connectivity index (χ3v) is 2.19. The van der Waals surface area contributed by atoms with Crippen molar-refractivity contribution in [2.24, 2.45) is 0 Å². The van der Waals surface area contributed by atoms with Crippen molar-refractivity contribution < 1.29 is 39.2 Å². The van der Waals surface area contributed by atoms with E-state index in [-0.39, 0.29) is 103 Å². The Balaban J connectivity index is 0. The van der Waals surface area contributed by atoms with Gasteiger partial charge in [0.15, 0.2) is 0 Å². The third kappa shape index (κ3) is 7.80. The molecule has 1 heterocycles. The van der Waals surface area contributed by atoms with Crippen LogP contribution in [0.25, 0.3) is 0 Å². The summed E-state index contributed by atoms with van der Waals surface area (Å²) in [6, 6.07) is 0. The summed E-state index contributed by atoms with van der Waals surface area (Å²) in [6.45, 7) is 0. The molecule has 1 rings (SSSR count). The monoisotopic (exact) mass is 286 g/mol. The van der Waals surface area contributed by atoms with E-state index in [9.17, 15) is 16.8 Å². The van der Waals surface area contributed by atoms with Gasteiger partial charge < -0.3 is 0 Å². The van der Waals surface area contributed by atoms with Crippen LogP contribution in [-0.4, -0.2) is 120 Å². The Morgan fingerprint density at radius 3 is 1.31 bits per heavy atom. The fourth-order valence-corrected chi connectivity index (χ4v) is 1.39. The van der Waals surface area contributed by atoms with E-state index in [4.69, 9.17) is 0 Å². The molecule has 13 heavy (non-hydrogen) atoms. The molecule has 0 atom stereocenters. The summed E-state index contributed by atoms with van der Waals surface area (Å²) in [7, 11) is -9.57. The molecule has 1 saturated heterocycles. The van der Waals surface area contributed by atoms with Crippen molar-refractivity contribution in [1.29, 1.82) is 0 Å². The largest absolute Gasteiger partial charge is 0.445 e. The molecule has 0 aliphatic carbocycles. The molecule has 68 valence electrons.